The van der Waals surface area contributed by atoms with Crippen molar-refractivity contribution < 1.29 is 19.7 Å². The molecule has 0 aromatic rings. The summed E-state index contributed by atoms with van der Waals surface area (Å²) < 4.78 is 5.07. The van der Waals surface area contributed by atoms with Crippen LogP contribution in [0.4, 0.5) is 0 Å². The molecule has 1 saturated heterocycles. The van der Waals surface area contributed by atoms with E-state index in [0.29, 0.717) is 26.1 Å². The van der Waals surface area contributed by atoms with Gasteiger partial charge in [-0.1, -0.05) is 0 Å². The van der Waals surface area contributed by atoms with Crippen molar-refractivity contribution in [3.63, 3.8) is 0 Å². The summed E-state index contributed by atoms with van der Waals surface area (Å²) in [6.45, 7) is 0.639. The highest BCUT2D eigenvalue weighted by Crippen LogP contribution is 2.31. The number of aldehydes is 1. The van der Waals surface area contributed by atoms with Gasteiger partial charge in [0.2, 0.25) is 0 Å². The molecule has 1 aliphatic heterocycles. The van der Waals surface area contributed by atoms with Gasteiger partial charge < -0.3 is 19.7 Å². The Labute approximate surface area is 71.2 Å². The molecule has 2 atom stereocenters. The molecule has 0 amide bonds. The quantitative estimate of drug-likeness (QED) is 0.555. The number of carbonyl (C=O) groups is 1. The van der Waals surface area contributed by atoms with E-state index in [0.717, 1.165) is 6.29 Å². The summed E-state index contributed by atoms with van der Waals surface area (Å²) in [4.78, 5) is 10.7. The molecule has 2 N–H and O–H groups in total. The summed E-state index contributed by atoms with van der Waals surface area (Å²) >= 11 is 0. The first-order valence-electron chi connectivity index (χ1n) is 4.05. The van der Waals surface area contributed by atoms with Gasteiger partial charge in [-0.25, -0.2) is 0 Å². The third-order valence-corrected chi connectivity index (χ3v) is 2.24. The summed E-state index contributed by atoms with van der Waals surface area (Å²) in [6, 6.07) is 0. The Morgan fingerprint density at radius 1 is 1.67 bits per heavy atom. The molecule has 0 saturated carbocycles. The Bertz CT molecular complexity index is 151. The molecule has 12 heavy (non-hydrogen) atoms. The van der Waals surface area contributed by atoms with Gasteiger partial charge in [0.1, 0.15) is 6.29 Å². The van der Waals surface area contributed by atoms with Crippen LogP contribution in [-0.2, 0) is 9.53 Å². The van der Waals surface area contributed by atoms with Crippen molar-refractivity contribution >= 4 is 6.29 Å². The molecule has 4 heteroatoms. The van der Waals surface area contributed by atoms with Crippen LogP contribution in [0.3, 0.4) is 0 Å². The highest BCUT2D eigenvalue weighted by molar-refractivity contribution is 5.60. The minimum Gasteiger partial charge on any atom is -0.394 e. The molecule has 1 rings (SSSR count). The van der Waals surface area contributed by atoms with E-state index < -0.39 is 11.5 Å². The van der Waals surface area contributed by atoms with Crippen molar-refractivity contribution in [1.29, 1.82) is 0 Å². The van der Waals surface area contributed by atoms with Crippen LogP contribution >= 0.6 is 0 Å². The van der Waals surface area contributed by atoms with Crippen molar-refractivity contribution in [1.82, 2.24) is 0 Å². The van der Waals surface area contributed by atoms with Crippen LogP contribution < -0.4 is 0 Å². The fraction of sp³-hybridized carbons (Fsp3) is 0.875. The van der Waals surface area contributed by atoms with Crippen molar-refractivity contribution in [3.8, 4) is 0 Å². The molecule has 1 heterocycles. The molecule has 0 aliphatic carbocycles. The second-order valence-electron chi connectivity index (χ2n) is 3.32. The molecule has 0 spiro atoms. The van der Waals surface area contributed by atoms with E-state index in [1.165, 1.54) is 0 Å². The maximum Gasteiger partial charge on any atom is 0.128 e. The number of hydrogen-bond donors (Lipinski definition) is 2. The zero-order valence-corrected chi connectivity index (χ0v) is 6.90. The Morgan fingerprint density at radius 3 is 2.83 bits per heavy atom. The molecule has 70 valence electrons. The van der Waals surface area contributed by atoms with E-state index in [1.807, 2.05) is 0 Å². The third kappa shape index (κ3) is 2.03. The molecule has 1 fully saturated rings. The second kappa shape index (κ2) is 3.98. The van der Waals surface area contributed by atoms with Gasteiger partial charge in [-0.3, -0.25) is 0 Å². The standard InChI is InChI=1S/C8H14O4/c9-4-7(11)3-8(5-10)1-2-12-6-8/h5,7,9,11H,1-4,6H2. The van der Waals surface area contributed by atoms with Crippen LogP contribution in [-0.4, -0.2) is 42.4 Å². The average Bonchev–Trinajstić information content (AvgIpc) is 2.54. The van der Waals surface area contributed by atoms with Crippen molar-refractivity contribution in [3.05, 3.63) is 0 Å². The lowest BCUT2D eigenvalue weighted by atomic mass is 9.83. The first-order chi connectivity index (χ1) is 5.72. The minimum absolute atomic E-state index is 0.296. The molecule has 0 radical (unpaired) electrons. The minimum atomic E-state index is -0.808. The zero-order valence-electron chi connectivity index (χ0n) is 6.90. The first-order valence-corrected chi connectivity index (χ1v) is 4.05. The molecule has 2 unspecified atom stereocenters. The lowest BCUT2D eigenvalue weighted by molar-refractivity contribution is -0.118. The number of ether oxygens (including phenoxy) is 1. The zero-order chi connectivity index (χ0) is 9.03. The lowest BCUT2D eigenvalue weighted by Crippen LogP contribution is -2.30. The third-order valence-electron chi connectivity index (χ3n) is 2.24. The average molecular weight is 174 g/mol. The predicted molar refractivity (Wildman–Crippen MR) is 41.6 cm³/mol. The van der Waals surface area contributed by atoms with Gasteiger partial charge in [0.05, 0.1) is 24.7 Å². The van der Waals surface area contributed by atoms with Crippen LogP contribution in [0.15, 0.2) is 0 Å². The van der Waals surface area contributed by atoms with Gasteiger partial charge in [0.15, 0.2) is 0 Å². The first kappa shape index (κ1) is 9.64. The lowest BCUT2D eigenvalue weighted by Gasteiger charge is -2.21. The summed E-state index contributed by atoms with van der Waals surface area (Å²) in [5, 5.41) is 17.7. The van der Waals surface area contributed by atoms with Crippen LogP contribution in [0, 0.1) is 5.41 Å². The summed E-state index contributed by atoms with van der Waals surface area (Å²) in [6.07, 6.45) is 0.969. The van der Waals surface area contributed by atoms with Crippen LogP contribution in [0.1, 0.15) is 12.8 Å². The van der Waals surface area contributed by atoms with Gasteiger partial charge in [-0.15, -0.1) is 0 Å². The molecular weight excluding hydrogens is 160 g/mol. The van der Waals surface area contributed by atoms with E-state index in [1.54, 1.807) is 0 Å². The summed E-state index contributed by atoms with van der Waals surface area (Å²) in [7, 11) is 0. The summed E-state index contributed by atoms with van der Waals surface area (Å²) in [5.41, 5.74) is -0.553. The molecule has 0 aromatic carbocycles. The van der Waals surface area contributed by atoms with Crippen molar-refractivity contribution in [2.24, 2.45) is 5.41 Å². The summed E-state index contributed by atoms with van der Waals surface area (Å²) in [5.74, 6) is 0. The van der Waals surface area contributed by atoms with E-state index >= 15 is 0 Å². The number of aliphatic hydroxyl groups excluding tert-OH is 2. The maximum atomic E-state index is 10.7. The molecule has 0 bridgehead atoms. The smallest absolute Gasteiger partial charge is 0.128 e. The number of aliphatic hydroxyl groups is 2. The SMILES string of the molecule is O=CC1(CC(O)CO)CCOC1. The fourth-order valence-corrected chi connectivity index (χ4v) is 1.46. The largest absolute Gasteiger partial charge is 0.394 e. The Hall–Kier alpha value is -0.450. The van der Waals surface area contributed by atoms with E-state index in [9.17, 15) is 4.79 Å². The number of rotatable bonds is 4. The number of hydrogen-bond acceptors (Lipinski definition) is 4. The highest BCUT2D eigenvalue weighted by atomic mass is 16.5. The molecule has 1 aliphatic rings. The van der Waals surface area contributed by atoms with E-state index in [-0.39, 0.29) is 6.61 Å². The van der Waals surface area contributed by atoms with Crippen LogP contribution in [0.25, 0.3) is 0 Å². The molecule has 4 nitrogen and oxygen atoms in total. The second-order valence-corrected chi connectivity index (χ2v) is 3.32. The highest BCUT2D eigenvalue weighted by Gasteiger charge is 2.36. The molecule has 0 aromatic heterocycles. The topological polar surface area (TPSA) is 66.8 Å². The predicted octanol–water partition coefficient (Wildman–Crippen LogP) is -0.665. The Balaban J connectivity index is 2.49. The van der Waals surface area contributed by atoms with Gasteiger partial charge in [-0.05, 0) is 12.8 Å². The van der Waals surface area contributed by atoms with Gasteiger partial charge in [-0.2, -0.15) is 0 Å². The van der Waals surface area contributed by atoms with Gasteiger partial charge in [0.25, 0.3) is 0 Å². The molecular formula is C8H14O4. The van der Waals surface area contributed by atoms with Crippen LogP contribution in [0.2, 0.25) is 0 Å². The Kier molecular flexibility index (Phi) is 3.20. The van der Waals surface area contributed by atoms with Crippen LogP contribution in [0.5, 0.6) is 0 Å². The van der Waals surface area contributed by atoms with Gasteiger partial charge >= 0.3 is 0 Å². The number of carbonyl (C=O) groups excluding carboxylic acids is 1. The van der Waals surface area contributed by atoms with Crippen molar-refractivity contribution in [2.45, 2.75) is 18.9 Å². The normalized spacial score (nSPS) is 31.8. The van der Waals surface area contributed by atoms with E-state index in [2.05, 4.69) is 0 Å². The van der Waals surface area contributed by atoms with Crippen molar-refractivity contribution in [2.75, 3.05) is 19.8 Å². The Morgan fingerprint density at radius 2 is 2.42 bits per heavy atom. The monoisotopic (exact) mass is 174 g/mol. The van der Waals surface area contributed by atoms with E-state index in [4.69, 9.17) is 14.9 Å². The van der Waals surface area contributed by atoms with Gasteiger partial charge in [0, 0.05) is 6.61 Å². The maximum absolute atomic E-state index is 10.7. The fourth-order valence-electron chi connectivity index (χ4n) is 1.46.